The fraction of sp³-hybridized carbons (Fsp3) is 0.667. The first-order valence-corrected chi connectivity index (χ1v) is 9.30. The number of hydrogen-bond donors (Lipinski definition) is 0. The highest BCUT2D eigenvalue weighted by Gasteiger charge is 2.36. The van der Waals surface area contributed by atoms with Crippen LogP contribution in [-0.2, 0) is 0 Å². The van der Waals surface area contributed by atoms with Crippen LogP contribution in [0.1, 0.15) is 95.3 Å². The molecule has 1 aromatic carbocycles. The molecule has 0 fully saturated rings. The first-order chi connectivity index (χ1) is 10.7. The van der Waals surface area contributed by atoms with E-state index < -0.39 is 0 Å². The van der Waals surface area contributed by atoms with Crippen molar-refractivity contribution in [3.05, 3.63) is 35.9 Å². The lowest BCUT2D eigenvalue weighted by Gasteiger charge is -2.33. The number of ketones is 1. The average Bonchev–Trinajstić information content (AvgIpc) is 2.57. The summed E-state index contributed by atoms with van der Waals surface area (Å²) in [5.74, 6) is 0.395. The maximum Gasteiger partial charge on any atom is 0.168 e. The van der Waals surface area contributed by atoms with Crippen LogP contribution in [-0.4, -0.2) is 5.78 Å². The van der Waals surface area contributed by atoms with Gasteiger partial charge in [0.05, 0.1) is 0 Å². The van der Waals surface area contributed by atoms with Crippen molar-refractivity contribution in [1.82, 2.24) is 0 Å². The molecule has 1 heteroatoms. The molecule has 1 aromatic rings. The molecule has 0 aliphatic carbocycles. The van der Waals surface area contributed by atoms with Gasteiger partial charge in [-0.1, -0.05) is 96.0 Å². The quantitative estimate of drug-likeness (QED) is 0.306. The van der Waals surface area contributed by atoms with Crippen molar-refractivity contribution in [3.8, 4) is 0 Å². The SMILES string of the molecule is CCCCCC(CCCC)(CCCC)C(=O)c1ccccc1. The molecule has 0 aliphatic heterocycles. The Kier molecular flexibility index (Phi) is 9.11. The van der Waals surface area contributed by atoms with Gasteiger partial charge in [0, 0.05) is 11.0 Å². The van der Waals surface area contributed by atoms with E-state index in [9.17, 15) is 4.79 Å². The molecule has 0 aromatic heterocycles. The van der Waals surface area contributed by atoms with Crippen molar-refractivity contribution in [3.63, 3.8) is 0 Å². The van der Waals surface area contributed by atoms with Crippen molar-refractivity contribution in [1.29, 1.82) is 0 Å². The molecule has 1 rings (SSSR count). The zero-order chi connectivity index (χ0) is 16.3. The fourth-order valence-corrected chi connectivity index (χ4v) is 3.36. The maximum atomic E-state index is 13.3. The van der Waals surface area contributed by atoms with Gasteiger partial charge in [-0.15, -0.1) is 0 Å². The summed E-state index contributed by atoms with van der Waals surface area (Å²) in [6.07, 6.45) is 11.5. The van der Waals surface area contributed by atoms with Gasteiger partial charge in [-0.05, 0) is 19.3 Å². The van der Waals surface area contributed by atoms with Crippen molar-refractivity contribution >= 4 is 5.78 Å². The van der Waals surface area contributed by atoms with Crippen molar-refractivity contribution in [2.45, 2.75) is 85.0 Å². The van der Waals surface area contributed by atoms with E-state index in [2.05, 4.69) is 20.8 Å². The van der Waals surface area contributed by atoms with Gasteiger partial charge in [0.25, 0.3) is 0 Å². The summed E-state index contributed by atoms with van der Waals surface area (Å²) in [6.45, 7) is 6.69. The standard InChI is InChI=1S/C21H34O/c1-4-7-13-18-21(16-8-5-2,17-9-6-3)20(22)19-14-11-10-12-15-19/h10-12,14-15H,4-9,13,16-18H2,1-3H3. The minimum Gasteiger partial charge on any atom is -0.294 e. The number of benzene rings is 1. The Bertz CT molecular complexity index is 399. The van der Waals surface area contributed by atoms with Gasteiger partial charge in [-0.25, -0.2) is 0 Å². The monoisotopic (exact) mass is 302 g/mol. The molecule has 0 spiro atoms. The number of unbranched alkanes of at least 4 members (excludes halogenated alkanes) is 4. The highest BCUT2D eigenvalue weighted by atomic mass is 16.1. The summed E-state index contributed by atoms with van der Waals surface area (Å²) in [5.41, 5.74) is 0.786. The van der Waals surface area contributed by atoms with Crippen LogP contribution in [0.2, 0.25) is 0 Å². The molecule has 0 aliphatic rings. The Balaban J connectivity index is 2.99. The van der Waals surface area contributed by atoms with Gasteiger partial charge in [0.2, 0.25) is 0 Å². The summed E-state index contributed by atoms with van der Waals surface area (Å²) in [7, 11) is 0. The van der Waals surface area contributed by atoms with E-state index in [0.717, 1.165) is 37.7 Å². The number of rotatable bonds is 12. The van der Waals surface area contributed by atoms with Crippen LogP contribution in [0.4, 0.5) is 0 Å². The maximum absolute atomic E-state index is 13.3. The minimum atomic E-state index is -0.122. The Morgan fingerprint density at radius 2 is 1.27 bits per heavy atom. The number of carbonyl (C=O) groups excluding carboxylic acids is 1. The normalized spacial score (nSPS) is 11.6. The lowest BCUT2D eigenvalue weighted by atomic mass is 9.69. The predicted octanol–water partition coefficient (Wildman–Crippen LogP) is 6.82. The van der Waals surface area contributed by atoms with Crippen molar-refractivity contribution < 1.29 is 4.79 Å². The molecule has 0 saturated carbocycles. The van der Waals surface area contributed by atoms with Crippen LogP contribution in [0.5, 0.6) is 0 Å². The second-order valence-corrected chi connectivity index (χ2v) is 6.64. The minimum absolute atomic E-state index is 0.122. The second kappa shape index (κ2) is 10.6. The van der Waals surface area contributed by atoms with Crippen LogP contribution in [0, 0.1) is 5.41 Å². The molecule has 0 bridgehead atoms. The zero-order valence-corrected chi connectivity index (χ0v) is 14.9. The molecule has 22 heavy (non-hydrogen) atoms. The molecule has 124 valence electrons. The second-order valence-electron chi connectivity index (χ2n) is 6.64. The molecular weight excluding hydrogens is 268 g/mol. The largest absolute Gasteiger partial charge is 0.294 e. The van der Waals surface area contributed by atoms with E-state index in [0.29, 0.717) is 5.78 Å². The summed E-state index contributed by atoms with van der Waals surface area (Å²) in [4.78, 5) is 13.3. The predicted molar refractivity (Wildman–Crippen MR) is 96.4 cm³/mol. The van der Waals surface area contributed by atoms with Crippen molar-refractivity contribution in [2.75, 3.05) is 0 Å². The molecule has 0 N–H and O–H groups in total. The topological polar surface area (TPSA) is 17.1 Å². The van der Waals surface area contributed by atoms with Crippen LogP contribution in [0.15, 0.2) is 30.3 Å². The summed E-state index contributed by atoms with van der Waals surface area (Å²) < 4.78 is 0. The van der Waals surface area contributed by atoms with Gasteiger partial charge in [-0.3, -0.25) is 4.79 Å². The Morgan fingerprint density at radius 3 is 1.77 bits per heavy atom. The van der Waals surface area contributed by atoms with Gasteiger partial charge in [-0.2, -0.15) is 0 Å². The first-order valence-electron chi connectivity index (χ1n) is 9.30. The van der Waals surface area contributed by atoms with Gasteiger partial charge in [0.1, 0.15) is 0 Å². The van der Waals surface area contributed by atoms with Crippen LogP contribution >= 0.6 is 0 Å². The third kappa shape index (κ3) is 5.59. The third-order valence-corrected chi connectivity index (χ3v) is 4.79. The van der Waals surface area contributed by atoms with E-state index >= 15 is 0 Å². The van der Waals surface area contributed by atoms with E-state index in [4.69, 9.17) is 0 Å². The van der Waals surface area contributed by atoms with E-state index in [1.807, 2.05) is 30.3 Å². The van der Waals surface area contributed by atoms with Crippen LogP contribution in [0.3, 0.4) is 0 Å². The third-order valence-electron chi connectivity index (χ3n) is 4.79. The fourth-order valence-electron chi connectivity index (χ4n) is 3.36. The molecule has 0 heterocycles. The molecule has 0 atom stereocenters. The van der Waals surface area contributed by atoms with Crippen molar-refractivity contribution in [2.24, 2.45) is 5.41 Å². The van der Waals surface area contributed by atoms with Gasteiger partial charge >= 0.3 is 0 Å². The summed E-state index contributed by atoms with van der Waals surface area (Å²) >= 11 is 0. The highest BCUT2D eigenvalue weighted by molar-refractivity contribution is 6.00. The molecule has 0 amide bonds. The molecule has 0 unspecified atom stereocenters. The molecule has 1 nitrogen and oxygen atoms in total. The summed E-state index contributed by atoms with van der Waals surface area (Å²) in [6, 6.07) is 9.96. The van der Waals surface area contributed by atoms with Crippen LogP contribution in [0.25, 0.3) is 0 Å². The van der Waals surface area contributed by atoms with E-state index in [1.165, 1.54) is 32.1 Å². The van der Waals surface area contributed by atoms with Gasteiger partial charge in [0.15, 0.2) is 5.78 Å². The number of carbonyl (C=O) groups is 1. The first kappa shape index (κ1) is 18.9. The Hall–Kier alpha value is -1.11. The van der Waals surface area contributed by atoms with Crippen LogP contribution < -0.4 is 0 Å². The lowest BCUT2D eigenvalue weighted by molar-refractivity contribution is 0.0721. The Morgan fingerprint density at radius 1 is 0.773 bits per heavy atom. The zero-order valence-electron chi connectivity index (χ0n) is 14.9. The van der Waals surface area contributed by atoms with E-state index in [1.54, 1.807) is 0 Å². The number of hydrogen-bond acceptors (Lipinski definition) is 1. The van der Waals surface area contributed by atoms with E-state index in [-0.39, 0.29) is 5.41 Å². The Labute approximate surface area is 137 Å². The highest BCUT2D eigenvalue weighted by Crippen LogP contribution is 2.40. The summed E-state index contributed by atoms with van der Waals surface area (Å²) in [5, 5.41) is 0. The smallest absolute Gasteiger partial charge is 0.168 e. The number of Topliss-reactive ketones (excluding diaryl/α,β-unsaturated/α-hetero) is 1. The lowest BCUT2D eigenvalue weighted by Crippen LogP contribution is -2.31. The molecule has 0 saturated heterocycles. The van der Waals surface area contributed by atoms with Gasteiger partial charge < -0.3 is 0 Å². The molecular formula is C21H34O. The molecule has 0 radical (unpaired) electrons. The average molecular weight is 303 g/mol.